The Hall–Kier alpha value is -0.810. The number of aliphatic hydroxyl groups excluding tert-OH is 1. The second kappa shape index (κ2) is 4.27. The summed E-state index contributed by atoms with van der Waals surface area (Å²) < 4.78 is 4.78. The van der Waals surface area contributed by atoms with E-state index in [-0.39, 0.29) is 18.8 Å². The largest absolute Gasteiger partial charge is 0.445 e. The number of carbonyl (C=O) groups excluding carboxylic acids is 1. The Morgan fingerprint density at radius 3 is 2.83 bits per heavy atom. The van der Waals surface area contributed by atoms with E-state index in [1.807, 2.05) is 0 Å². The third-order valence-electron chi connectivity index (χ3n) is 1.97. The average molecular weight is 174 g/mol. The number of carbonyl (C=O) groups is 1. The highest BCUT2D eigenvalue weighted by Crippen LogP contribution is 2.10. The molecule has 0 bridgehead atoms. The van der Waals surface area contributed by atoms with Crippen LogP contribution in [0.3, 0.4) is 0 Å². The van der Waals surface area contributed by atoms with Gasteiger partial charge in [-0.1, -0.05) is 0 Å². The Kier molecular flexibility index (Phi) is 3.31. The van der Waals surface area contributed by atoms with Gasteiger partial charge in [-0.15, -0.1) is 0 Å². The minimum Gasteiger partial charge on any atom is -0.445 e. The fourth-order valence-corrected chi connectivity index (χ4v) is 1.31. The Morgan fingerprint density at radius 1 is 1.67 bits per heavy atom. The number of ether oxygens (including phenoxy) is 1. The first-order valence-corrected chi connectivity index (χ1v) is 4.02. The summed E-state index contributed by atoms with van der Waals surface area (Å²) in [4.78, 5) is 10.3. The maximum atomic E-state index is 10.3. The van der Waals surface area contributed by atoms with Crippen LogP contribution in [0, 0.1) is 0 Å². The highest BCUT2D eigenvalue weighted by molar-refractivity contribution is 5.64. The number of amides is 1. The molecule has 0 saturated carbocycles. The Balaban J connectivity index is 2.21. The third kappa shape index (κ3) is 2.67. The standard InChI is InChI=1S/C7H14N2O3/c8-7(11)12-6-2-1-5(4-10)9-3-6/h5-6,9-10H,1-4H2,(H2,8,11). The normalized spacial score (nSPS) is 29.8. The fourth-order valence-electron chi connectivity index (χ4n) is 1.31. The first-order chi connectivity index (χ1) is 5.72. The molecule has 12 heavy (non-hydrogen) atoms. The van der Waals surface area contributed by atoms with Crippen LogP contribution in [0.15, 0.2) is 0 Å². The van der Waals surface area contributed by atoms with E-state index in [1.54, 1.807) is 0 Å². The predicted molar refractivity (Wildman–Crippen MR) is 42.6 cm³/mol. The molecule has 5 nitrogen and oxygen atoms in total. The molecule has 2 unspecified atom stereocenters. The molecule has 0 spiro atoms. The summed E-state index contributed by atoms with van der Waals surface area (Å²) in [5.74, 6) is 0. The van der Waals surface area contributed by atoms with Gasteiger partial charge in [-0.2, -0.15) is 0 Å². The number of primary amides is 1. The van der Waals surface area contributed by atoms with Crippen LogP contribution in [0.1, 0.15) is 12.8 Å². The van der Waals surface area contributed by atoms with E-state index in [0.717, 1.165) is 12.8 Å². The lowest BCUT2D eigenvalue weighted by atomic mass is 10.0. The third-order valence-corrected chi connectivity index (χ3v) is 1.97. The molecule has 0 aliphatic carbocycles. The first-order valence-electron chi connectivity index (χ1n) is 4.02. The summed E-state index contributed by atoms with van der Waals surface area (Å²) in [7, 11) is 0. The minimum absolute atomic E-state index is 0.128. The number of piperidine rings is 1. The molecule has 1 aliphatic heterocycles. The van der Waals surface area contributed by atoms with Crippen LogP contribution in [-0.4, -0.2) is 36.5 Å². The van der Waals surface area contributed by atoms with Crippen LogP contribution >= 0.6 is 0 Å². The first kappa shape index (κ1) is 9.28. The van der Waals surface area contributed by atoms with Crippen molar-refractivity contribution in [1.82, 2.24) is 5.32 Å². The van der Waals surface area contributed by atoms with Crippen LogP contribution in [-0.2, 0) is 4.74 Å². The van der Waals surface area contributed by atoms with E-state index in [2.05, 4.69) is 5.32 Å². The maximum Gasteiger partial charge on any atom is 0.404 e. The predicted octanol–water partition coefficient (Wildman–Crippen LogP) is -0.805. The molecule has 1 aliphatic rings. The molecular weight excluding hydrogens is 160 g/mol. The van der Waals surface area contributed by atoms with Gasteiger partial charge in [-0.05, 0) is 12.8 Å². The van der Waals surface area contributed by atoms with Crippen molar-refractivity contribution in [3.8, 4) is 0 Å². The van der Waals surface area contributed by atoms with E-state index < -0.39 is 6.09 Å². The molecule has 0 aromatic heterocycles. The zero-order valence-corrected chi connectivity index (χ0v) is 6.82. The van der Waals surface area contributed by atoms with E-state index >= 15 is 0 Å². The lowest BCUT2D eigenvalue weighted by Gasteiger charge is -2.27. The van der Waals surface area contributed by atoms with Crippen LogP contribution in [0.25, 0.3) is 0 Å². The van der Waals surface area contributed by atoms with E-state index in [9.17, 15) is 4.79 Å². The van der Waals surface area contributed by atoms with Crippen LogP contribution in [0.4, 0.5) is 4.79 Å². The molecule has 2 atom stereocenters. The van der Waals surface area contributed by atoms with Gasteiger partial charge in [-0.25, -0.2) is 4.79 Å². The number of hydrogen-bond donors (Lipinski definition) is 3. The summed E-state index contributed by atoms with van der Waals surface area (Å²) in [5, 5.41) is 11.8. The fraction of sp³-hybridized carbons (Fsp3) is 0.857. The van der Waals surface area contributed by atoms with Gasteiger partial charge in [0.05, 0.1) is 6.61 Å². The van der Waals surface area contributed by atoms with Gasteiger partial charge < -0.3 is 20.9 Å². The van der Waals surface area contributed by atoms with E-state index in [0.29, 0.717) is 6.54 Å². The highest BCUT2D eigenvalue weighted by atomic mass is 16.6. The summed E-state index contributed by atoms with van der Waals surface area (Å²) in [6.07, 6.45) is 0.713. The molecule has 1 amide bonds. The maximum absolute atomic E-state index is 10.3. The number of nitrogens with two attached hydrogens (primary N) is 1. The van der Waals surface area contributed by atoms with Gasteiger partial charge in [-0.3, -0.25) is 0 Å². The molecule has 1 saturated heterocycles. The van der Waals surface area contributed by atoms with Crippen molar-refractivity contribution in [3.05, 3.63) is 0 Å². The number of hydrogen-bond acceptors (Lipinski definition) is 4. The van der Waals surface area contributed by atoms with Gasteiger partial charge in [0.25, 0.3) is 0 Å². The van der Waals surface area contributed by atoms with Gasteiger partial charge in [0.15, 0.2) is 0 Å². The van der Waals surface area contributed by atoms with Crippen molar-refractivity contribution in [3.63, 3.8) is 0 Å². The lowest BCUT2D eigenvalue weighted by Crippen LogP contribution is -2.45. The highest BCUT2D eigenvalue weighted by Gasteiger charge is 2.21. The smallest absolute Gasteiger partial charge is 0.404 e. The second-order valence-corrected chi connectivity index (χ2v) is 2.92. The summed E-state index contributed by atoms with van der Waals surface area (Å²) in [5.41, 5.74) is 4.85. The molecule has 1 heterocycles. The second-order valence-electron chi connectivity index (χ2n) is 2.92. The molecule has 4 N–H and O–H groups in total. The Labute approximate surface area is 70.9 Å². The number of aliphatic hydroxyl groups is 1. The summed E-state index contributed by atoms with van der Waals surface area (Å²) in [6.45, 7) is 0.706. The van der Waals surface area contributed by atoms with Crippen molar-refractivity contribution in [2.75, 3.05) is 13.2 Å². The van der Waals surface area contributed by atoms with Gasteiger partial charge in [0.1, 0.15) is 6.10 Å². The zero-order valence-electron chi connectivity index (χ0n) is 6.82. The molecule has 0 aromatic rings. The molecule has 5 heteroatoms. The summed E-state index contributed by atoms with van der Waals surface area (Å²) in [6, 6.07) is 0.137. The molecule has 70 valence electrons. The Bertz CT molecular complexity index is 155. The molecular formula is C7H14N2O3. The topological polar surface area (TPSA) is 84.6 Å². The zero-order chi connectivity index (χ0) is 8.97. The number of nitrogens with one attached hydrogen (secondary N) is 1. The minimum atomic E-state index is -0.732. The van der Waals surface area contributed by atoms with Gasteiger partial charge in [0.2, 0.25) is 0 Å². The molecule has 0 radical (unpaired) electrons. The van der Waals surface area contributed by atoms with E-state index in [4.69, 9.17) is 15.6 Å². The quantitative estimate of drug-likeness (QED) is 0.511. The molecule has 1 fully saturated rings. The van der Waals surface area contributed by atoms with Crippen molar-refractivity contribution in [2.24, 2.45) is 5.73 Å². The SMILES string of the molecule is NC(=O)OC1CCC(CO)NC1. The van der Waals surface area contributed by atoms with Crippen molar-refractivity contribution in [2.45, 2.75) is 25.0 Å². The van der Waals surface area contributed by atoms with Gasteiger partial charge >= 0.3 is 6.09 Å². The Morgan fingerprint density at radius 2 is 2.42 bits per heavy atom. The van der Waals surface area contributed by atoms with Crippen molar-refractivity contribution in [1.29, 1.82) is 0 Å². The lowest BCUT2D eigenvalue weighted by molar-refractivity contribution is 0.0742. The van der Waals surface area contributed by atoms with Crippen LogP contribution in [0.2, 0.25) is 0 Å². The van der Waals surface area contributed by atoms with Crippen molar-refractivity contribution < 1.29 is 14.6 Å². The van der Waals surface area contributed by atoms with Crippen LogP contribution in [0.5, 0.6) is 0 Å². The number of rotatable bonds is 2. The molecule has 1 rings (SSSR count). The average Bonchev–Trinajstić information content (AvgIpc) is 2.05. The van der Waals surface area contributed by atoms with E-state index in [1.165, 1.54) is 0 Å². The molecule has 0 aromatic carbocycles. The van der Waals surface area contributed by atoms with Gasteiger partial charge in [0, 0.05) is 12.6 Å². The monoisotopic (exact) mass is 174 g/mol. The summed E-state index contributed by atoms with van der Waals surface area (Å²) >= 11 is 0. The van der Waals surface area contributed by atoms with Crippen molar-refractivity contribution >= 4 is 6.09 Å². The van der Waals surface area contributed by atoms with Crippen LogP contribution < -0.4 is 11.1 Å².